The highest BCUT2D eigenvalue weighted by Gasteiger charge is 2.19. The highest BCUT2D eigenvalue weighted by Crippen LogP contribution is 2.31. The van der Waals surface area contributed by atoms with Gasteiger partial charge in [-0.3, -0.25) is 0 Å². The Bertz CT molecular complexity index is 605. The van der Waals surface area contributed by atoms with Gasteiger partial charge >= 0.3 is 6.03 Å². The second-order valence-corrected chi connectivity index (χ2v) is 5.46. The minimum absolute atomic E-state index is 0.142. The van der Waals surface area contributed by atoms with Crippen LogP contribution in [0.2, 0.25) is 0 Å². The third-order valence-electron chi connectivity index (χ3n) is 2.97. The number of amides is 2. The van der Waals surface area contributed by atoms with Crippen LogP contribution in [0.25, 0.3) is 10.4 Å². The van der Waals surface area contributed by atoms with Crippen LogP contribution in [0.3, 0.4) is 0 Å². The first-order valence-corrected chi connectivity index (χ1v) is 7.57. The molecule has 0 radical (unpaired) electrons. The molecule has 0 aliphatic rings. The monoisotopic (exact) mass is 326 g/mol. The Morgan fingerprint density at radius 3 is 2.68 bits per heavy atom. The lowest BCUT2D eigenvalue weighted by atomic mass is 10.1. The van der Waals surface area contributed by atoms with Crippen LogP contribution in [0, 0.1) is 0 Å². The van der Waals surface area contributed by atoms with Gasteiger partial charge in [0.15, 0.2) is 0 Å². The van der Waals surface area contributed by atoms with Gasteiger partial charge in [0.05, 0.1) is 18.8 Å². The van der Waals surface area contributed by atoms with Crippen LogP contribution in [-0.2, 0) is 0 Å². The van der Waals surface area contributed by atoms with Crippen LogP contribution in [0.5, 0.6) is 0 Å². The maximum absolute atomic E-state index is 12.5. The summed E-state index contributed by atoms with van der Waals surface area (Å²) < 4.78 is 25.0. The van der Waals surface area contributed by atoms with Crippen LogP contribution in [0.1, 0.15) is 0 Å². The Balaban J connectivity index is 2.17. The lowest BCUT2D eigenvalue weighted by molar-refractivity contribution is 0.0943. The van der Waals surface area contributed by atoms with E-state index in [1.54, 1.807) is 12.1 Å². The van der Waals surface area contributed by atoms with E-state index in [0.29, 0.717) is 5.69 Å². The largest absolute Gasteiger partial charge is 0.395 e. The third-order valence-corrected chi connectivity index (χ3v) is 3.87. The summed E-state index contributed by atoms with van der Waals surface area (Å²) in [6, 6.07) is 10.3. The number of anilines is 1. The van der Waals surface area contributed by atoms with Gasteiger partial charge in [0, 0.05) is 17.0 Å². The normalized spacial score (nSPS) is 10.7. The molecule has 1 aromatic heterocycles. The molecule has 1 aromatic carbocycles. The number of carbonyl (C=O) groups is 1. The molecule has 7 heteroatoms. The van der Waals surface area contributed by atoms with Gasteiger partial charge in [-0.1, -0.05) is 24.3 Å². The summed E-state index contributed by atoms with van der Waals surface area (Å²) in [5, 5.41) is 13.5. The Kier molecular flexibility index (Phi) is 5.85. The number of carbonyl (C=O) groups excluding carboxylic acids is 1. The van der Waals surface area contributed by atoms with Crippen molar-refractivity contribution in [2.45, 2.75) is 6.43 Å². The molecule has 0 fully saturated rings. The molecule has 0 aliphatic carbocycles. The molecule has 0 aliphatic heterocycles. The molecular weight excluding hydrogens is 310 g/mol. The van der Waals surface area contributed by atoms with Crippen LogP contribution in [0.15, 0.2) is 41.8 Å². The predicted octanol–water partition coefficient (Wildman–Crippen LogP) is 3.51. The molecule has 0 spiro atoms. The molecule has 22 heavy (non-hydrogen) atoms. The van der Waals surface area contributed by atoms with E-state index < -0.39 is 19.0 Å². The average molecular weight is 326 g/mol. The lowest BCUT2D eigenvalue weighted by Crippen LogP contribution is -2.40. The Labute approximate surface area is 131 Å². The molecule has 2 aromatic rings. The number of alkyl halides is 2. The lowest BCUT2D eigenvalue weighted by Gasteiger charge is -2.22. The van der Waals surface area contributed by atoms with Crippen LogP contribution in [0.4, 0.5) is 19.3 Å². The fourth-order valence-electron chi connectivity index (χ4n) is 2.00. The first-order chi connectivity index (χ1) is 10.6. The highest BCUT2D eigenvalue weighted by atomic mass is 32.1. The number of aliphatic hydroxyl groups is 1. The van der Waals surface area contributed by atoms with E-state index in [2.05, 4.69) is 5.32 Å². The standard InChI is InChI=1S/C15H16F2N2O2S/c16-14(17)10-19(7-8-20)15(21)18-12-5-2-1-4-11(12)13-6-3-9-22-13/h1-6,9,14,20H,7-8,10H2,(H,18,21). The number of para-hydroxylation sites is 1. The molecule has 4 nitrogen and oxygen atoms in total. The van der Waals surface area contributed by atoms with Gasteiger partial charge < -0.3 is 15.3 Å². The Morgan fingerprint density at radius 1 is 1.27 bits per heavy atom. The van der Waals surface area contributed by atoms with E-state index in [-0.39, 0.29) is 13.2 Å². The first-order valence-electron chi connectivity index (χ1n) is 6.69. The van der Waals surface area contributed by atoms with E-state index in [9.17, 15) is 13.6 Å². The number of hydrogen-bond acceptors (Lipinski definition) is 3. The number of hydrogen-bond donors (Lipinski definition) is 2. The minimum Gasteiger partial charge on any atom is -0.395 e. The van der Waals surface area contributed by atoms with Crippen molar-refractivity contribution in [1.82, 2.24) is 4.90 Å². The van der Waals surface area contributed by atoms with Crippen LogP contribution < -0.4 is 5.32 Å². The van der Waals surface area contributed by atoms with Crippen molar-refractivity contribution >= 4 is 23.1 Å². The highest BCUT2D eigenvalue weighted by molar-refractivity contribution is 7.13. The molecular formula is C15H16F2N2O2S. The predicted molar refractivity (Wildman–Crippen MR) is 83.4 cm³/mol. The molecule has 2 N–H and O–H groups in total. The number of urea groups is 1. The molecule has 0 bridgehead atoms. The third kappa shape index (κ3) is 4.25. The topological polar surface area (TPSA) is 52.6 Å². The zero-order valence-corrected chi connectivity index (χ0v) is 12.5. The Morgan fingerprint density at radius 2 is 2.05 bits per heavy atom. The summed E-state index contributed by atoms with van der Waals surface area (Å²) in [7, 11) is 0. The summed E-state index contributed by atoms with van der Waals surface area (Å²) in [6.45, 7) is -1.22. The summed E-state index contributed by atoms with van der Waals surface area (Å²) in [4.78, 5) is 14.0. The van der Waals surface area contributed by atoms with Crippen LogP contribution >= 0.6 is 11.3 Å². The molecule has 118 valence electrons. The Hall–Kier alpha value is -1.99. The van der Waals surface area contributed by atoms with Crippen molar-refractivity contribution in [3.63, 3.8) is 0 Å². The second-order valence-electron chi connectivity index (χ2n) is 4.51. The summed E-state index contributed by atoms with van der Waals surface area (Å²) in [5.41, 5.74) is 1.37. The van der Waals surface area contributed by atoms with E-state index in [1.807, 2.05) is 29.6 Å². The molecule has 0 unspecified atom stereocenters. The number of thiophene rings is 1. The SMILES string of the molecule is O=C(Nc1ccccc1-c1cccs1)N(CCO)CC(F)F. The summed E-state index contributed by atoms with van der Waals surface area (Å²) >= 11 is 1.52. The van der Waals surface area contributed by atoms with Gasteiger partial charge in [-0.2, -0.15) is 0 Å². The molecule has 2 amide bonds. The second kappa shape index (κ2) is 7.86. The molecule has 0 saturated heterocycles. The average Bonchev–Trinajstić information content (AvgIpc) is 3.01. The molecule has 1 heterocycles. The smallest absolute Gasteiger partial charge is 0.322 e. The maximum Gasteiger partial charge on any atom is 0.322 e. The number of rotatable bonds is 6. The van der Waals surface area contributed by atoms with Gasteiger partial charge in [0.1, 0.15) is 0 Å². The first kappa shape index (κ1) is 16.4. The molecule has 0 atom stereocenters. The fourth-order valence-corrected chi connectivity index (χ4v) is 2.76. The number of halogens is 2. The quantitative estimate of drug-likeness (QED) is 0.853. The minimum atomic E-state index is -2.65. The van der Waals surface area contributed by atoms with Crippen molar-refractivity contribution in [3.05, 3.63) is 41.8 Å². The van der Waals surface area contributed by atoms with Crippen molar-refractivity contribution in [3.8, 4) is 10.4 Å². The number of aliphatic hydroxyl groups excluding tert-OH is 1. The number of nitrogens with zero attached hydrogens (tertiary/aromatic N) is 1. The van der Waals surface area contributed by atoms with E-state index >= 15 is 0 Å². The zero-order chi connectivity index (χ0) is 15.9. The van der Waals surface area contributed by atoms with Crippen LogP contribution in [-0.4, -0.2) is 42.2 Å². The van der Waals surface area contributed by atoms with Crippen molar-refractivity contribution in [2.24, 2.45) is 0 Å². The van der Waals surface area contributed by atoms with Gasteiger partial charge in [0.2, 0.25) is 0 Å². The number of nitrogens with one attached hydrogen (secondary N) is 1. The van der Waals surface area contributed by atoms with Gasteiger partial charge in [-0.15, -0.1) is 11.3 Å². The number of benzene rings is 1. The molecule has 0 saturated carbocycles. The van der Waals surface area contributed by atoms with Crippen molar-refractivity contribution in [2.75, 3.05) is 25.0 Å². The van der Waals surface area contributed by atoms with E-state index in [0.717, 1.165) is 15.3 Å². The summed E-state index contributed by atoms with van der Waals surface area (Å²) in [5.74, 6) is 0. The van der Waals surface area contributed by atoms with Gasteiger partial charge in [0.25, 0.3) is 6.43 Å². The van der Waals surface area contributed by atoms with E-state index in [1.165, 1.54) is 11.3 Å². The van der Waals surface area contributed by atoms with Gasteiger partial charge in [-0.05, 0) is 17.5 Å². The fraction of sp³-hybridized carbons (Fsp3) is 0.267. The summed E-state index contributed by atoms with van der Waals surface area (Å²) in [6.07, 6.45) is -2.65. The zero-order valence-electron chi connectivity index (χ0n) is 11.7. The van der Waals surface area contributed by atoms with E-state index in [4.69, 9.17) is 5.11 Å². The van der Waals surface area contributed by atoms with Crippen molar-refractivity contribution < 1.29 is 18.7 Å². The van der Waals surface area contributed by atoms with Crippen molar-refractivity contribution in [1.29, 1.82) is 0 Å². The maximum atomic E-state index is 12.5. The molecule has 2 rings (SSSR count). The van der Waals surface area contributed by atoms with Gasteiger partial charge in [-0.25, -0.2) is 13.6 Å².